The molecule has 1 saturated heterocycles. The summed E-state index contributed by atoms with van der Waals surface area (Å²) in [4.78, 5) is 12.5. The van der Waals surface area contributed by atoms with Crippen molar-refractivity contribution in [2.45, 2.75) is 84.2 Å². The molecule has 4 atom stereocenters. The van der Waals surface area contributed by atoms with Crippen molar-refractivity contribution >= 4 is 5.97 Å². The average molecular weight is 358 g/mol. The lowest BCUT2D eigenvalue weighted by Crippen LogP contribution is -2.40. The van der Waals surface area contributed by atoms with Crippen molar-refractivity contribution in [3.05, 3.63) is 22.8 Å². The van der Waals surface area contributed by atoms with Gasteiger partial charge in [0.1, 0.15) is 6.10 Å². The van der Waals surface area contributed by atoms with Crippen molar-refractivity contribution in [3.63, 3.8) is 0 Å². The van der Waals surface area contributed by atoms with Gasteiger partial charge in [0.15, 0.2) is 0 Å². The van der Waals surface area contributed by atoms with Crippen LogP contribution < -0.4 is 5.32 Å². The van der Waals surface area contributed by atoms with Gasteiger partial charge >= 0.3 is 5.97 Å². The number of carbonyl (C=O) groups excluding carboxylic acids is 1. The van der Waals surface area contributed by atoms with Crippen molar-refractivity contribution in [1.29, 1.82) is 0 Å². The maximum atomic E-state index is 12.5. The van der Waals surface area contributed by atoms with E-state index in [1.807, 2.05) is 0 Å². The van der Waals surface area contributed by atoms with Gasteiger partial charge in [-0.05, 0) is 83.1 Å². The first-order chi connectivity index (χ1) is 12.6. The maximum absolute atomic E-state index is 12.5. The van der Waals surface area contributed by atoms with E-state index < -0.39 is 0 Å². The van der Waals surface area contributed by atoms with Crippen molar-refractivity contribution in [2.75, 3.05) is 13.1 Å². The van der Waals surface area contributed by atoms with E-state index in [0.717, 1.165) is 32.4 Å². The van der Waals surface area contributed by atoms with Gasteiger partial charge in [0, 0.05) is 12.5 Å². The molecule has 4 rings (SSSR count). The van der Waals surface area contributed by atoms with Crippen molar-refractivity contribution < 1.29 is 9.53 Å². The Morgan fingerprint density at radius 1 is 1.27 bits per heavy atom. The third kappa shape index (κ3) is 3.52. The van der Waals surface area contributed by atoms with Crippen LogP contribution in [-0.4, -0.2) is 25.2 Å². The van der Waals surface area contributed by atoms with E-state index in [4.69, 9.17) is 4.74 Å². The minimum atomic E-state index is 0.0462. The molecule has 2 fully saturated rings. The van der Waals surface area contributed by atoms with E-state index in [1.54, 1.807) is 16.7 Å². The van der Waals surface area contributed by atoms with E-state index in [0.29, 0.717) is 5.92 Å². The molecular weight excluding hydrogens is 322 g/mol. The second-order valence-electron chi connectivity index (χ2n) is 9.39. The molecule has 0 spiro atoms. The lowest BCUT2D eigenvalue weighted by Gasteiger charge is -2.45. The zero-order valence-electron chi connectivity index (χ0n) is 16.6. The summed E-state index contributed by atoms with van der Waals surface area (Å²) in [5.41, 5.74) is 5.12. The summed E-state index contributed by atoms with van der Waals surface area (Å²) in [5.74, 6) is 0.483. The lowest BCUT2D eigenvalue weighted by molar-refractivity contribution is -0.145. The number of nitrogens with one attached hydrogen (secondary N) is 1. The van der Waals surface area contributed by atoms with Gasteiger partial charge in [0.05, 0.1) is 5.92 Å². The molecule has 0 aromatic rings. The second kappa shape index (κ2) is 7.50. The fourth-order valence-electron chi connectivity index (χ4n) is 5.98. The largest absolute Gasteiger partial charge is 0.462 e. The molecule has 0 aromatic heterocycles. The molecule has 3 nitrogen and oxygen atoms in total. The Bertz CT molecular complexity index is 620. The number of carbonyl (C=O) groups is 1. The zero-order valence-corrected chi connectivity index (χ0v) is 16.6. The summed E-state index contributed by atoms with van der Waals surface area (Å²) in [6.07, 6.45) is 14.8. The van der Waals surface area contributed by atoms with E-state index in [9.17, 15) is 4.79 Å². The predicted octanol–water partition coefficient (Wildman–Crippen LogP) is 4.92. The van der Waals surface area contributed by atoms with E-state index in [-0.39, 0.29) is 23.4 Å². The number of ether oxygens (including phenoxy) is 1. The number of allylic oxidation sites excluding steroid dienone is 3. The summed E-state index contributed by atoms with van der Waals surface area (Å²) in [6, 6.07) is 0. The van der Waals surface area contributed by atoms with Crippen LogP contribution in [0.4, 0.5) is 0 Å². The quantitative estimate of drug-likeness (QED) is 0.431. The molecule has 144 valence electrons. The molecule has 0 bridgehead atoms. The molecule has 4 unspecified atom stereocenters. The van der Waals surface area contributed by atoms with Crippen LogP contribution in [0.3, 0.4) is 0 Å². The van der Waals surface area contributed by atoms with Crippen molar-refractivity contribution in [2.24, 2.45) is 17.3 Å². The SMILES string of the molecule is CC1=C2CC3C(CC2(C)CCC1)OC(=O)C3CNCCC1=CCCCC1. The average Bonchev–Trinajstić information content (AvgIpc) is 2.92. The van der Waals surface area contributed by atoms with Crippen LogP contribution in [-0.2, 0) is 9.53 Å². The Kier molecular flexibility index (Phi) is 5.27. The van der Waals surface area contributed by atoms with Crippen LogP contribution in [0.5, 0.6) is 0 Å². The molecule has 0 amide bonds. The summed E-state index contributed by atoms with van der Waals surface area (Å²) in [5, 5.41) is 3.57. The van der Waals surface area contributed by atoms with Crippen molar-refractivity contribution in [3.8, 4) is 0 Å². The number of hydrogen-bond acceptors (Lipinski definition) is 3. The molecule has 1 aliphatic heterocycles. The predicted molar refractivity (Wildman–Crippen MR) is 105 cm³/mol. The van der Waals surface area contributed by atoms with Crippen LogP contribution in [0.2, 0.25) is 0 Å². The number of hydrogen-bond donors (Lipinski definition) is 1. The molecule has 3 aliphatic carbocycles. The minimum absolute atomic E-state index is 0.0462. The number of fused-ring (bicyclic) bond motifs is 2. The van der Waals surface area contributed by atoms with Crippen LogP contribution >= 0.6 is 0 Å². The summed E-state index contributed by atoms with van der Waals surface area (Å²) in [6.45, 7) is 6.50. The summed E-state index contributed by atoms with van der Waals surface area (Å²) >= 11 is 0. The summed E-state index contributed by atoms with van der Waals surface area (Å²) < 4.78 is 5.86. The Morgan fingerprint density at radius 2 is 2.15 bits per heavy atom. The maximum Gasteiger partial charge on any atom is 0.310 e. The third-order valence-corrected chi connectivity index (χ3v) is 7.55. The molecule has 0 aromatic carbocycles. The molecule has 26 heavy (non-hydrogen) atoms. The van der Waals surface area contributed by atoms with Crippen molar-refractivity contribution in [1.82, 2.24) is 5.32 Å². The van der Waals surface area contributed by atoms with Gasteiger partial charge in [-0.3, -0.25) is 4.79 Å². The third-order valence-electron chi connectivity index (χ3n) is 7.55. The molecule has 1 N–H and O–H groups in total. The van der Waals surface area contributed by atoms with Crippen LogP contribution in [0, 0.1) is 17.3 Å². The smallest absolute Gasteiger partial charge is 0.310 e. The zero-order chi connectivity index (χ0) is 18.1. The number of rotatable bonds is 5. The van der Waals surface area contributed by atoms with E-state index in [1.165, 1.54) is 44.9 Å². The highest BCUT2D eigenvalue weighted by Crippen LogP contribution is 2.54. The topological polar surface area (TPSA) is 38.3 Å². The van der Waals surface area contributed by atoms with E-state index >= 15 is 0 Å². The van der Waals surface area contributed by atoms with Crippen LogP contribution in [0.1, 0.15) is 78.1 Å². The van der Waals surface area contributed by atoms with Crippen LogP contribution in [0.25, 0.3) is 0 Å². The molecule has 1 saturated carbocycles. The first-order valence-electron chi connectivity index (χ1n) is 10.8. The Hall–Kier alpha value is -1.09. The Balaban J connectivity index is 1.36. The van der Waals surface area contributed by atoms with Gasteiger partial charge in [0.2, 0.25) is 0 Å². The highest BCUT2D eigenvalue weighted by molar-refractivity contribution is 5.76. The van der Waals surface area contributed by atoms with Gasteiger partial charge < -0.3 is 10.1 Å². The van der Waals surface area contributed by atoms with Gasteiger partial charge in [-0.2, -0.15) is 0 Å². The Morgan fingerprint density at radius 3 is 2.96 bits per heavy atom. The Labute approximate surface area is 158 Å². The fourth-order valence-corrected chi connectivity index (χ4v) is 5.98. The standard InChI is InChI=1S/C23H35NO2/c1-16-7-6-11-23(2)14-21-18(13-20(16)23)19(22(25)26-21)15-24-12-10-17-8-4-3-5-9-17/h8,18-19,21,24H,3-7,9-15H2,1-2H3. The highest BCUT2D eigenvalue weighted by atomic mass is 16.6. The van der Waals surface area contributed by atoms with Crippen LogP contribution in [0.15, 0.2) is 22.8 Å². The second-order valence-corrected chi connectivity index (χ2v) is 9.39. The van der Waals surface area contributed by atoms with Gasteiger partial charge in [-0.1, -0.05) is 29.7 Å². The van der Waals surface area contributed by atoms with Gasteiger partial charge in [0.25, 0.3) is 0 Å². The fraction of sp³-hybridized carbons (Fsp3) is 0.783. The molecule has 3 heteroatoms. The van der Waals surface area contributed by atoms with Gasteiger partial charge in [-0.15, -0.1) is 0 Å². The lowest BCUT2D eigenvalue weighted by atomic mass is 9.59. The number of esters is 1. The normalized spacial score (nSPS) is 37.1. The highest BCUT2D eigenvalue weighted by Gasteiger charge is 2.52. The molecule has 4 aliphatic rings. The molecule has 1 heterocycles. The van der Waals surface area contributed by atoms with E-state index in [2.05, 4.69) is 25.2 Å². The summed E-state index contributed by atoms with van der Waals surface area (Å²) in [7, 11) is 0. The monoisotopic (exact) mass is 357 g/mol. The molecule has 0 radical (unpaired) electrons. The first-order valence-corrected chi connectivity index (χ1v) is 10.8. The minimum Gasteiger partial charge on any atom is -0.462 e. The van der Waals surface area contributed by atoms with Gasteiger partial charge in [-0.25, -0.2) is 0 Å². The molecular formula is C23H35NO2. The first kappa shape index (κ1) is 18.3.